The van der Waals surface area contributed by atoms with E-state index in [0.717, 1.165) is 69.8 Å². The number of rotatable bonds is 9. The van der Waals surface area contributed by atoms with Crippen molar-refractivity contribution in [3.05, 3.63) is 70.3 Å². The third-order valence-corrected chi connectivity index (χ3v) is 10.2. The highest BCUT2D eigenvalue weighted by atomic mass is 19.2. The van der Waals surface area contributed by atoms with Crippen LogP contribution in [0, 0.1) is 41.0 Å². The van der Waals surface area contributed by atoms with Gasteiger partial charge in [-0.2, -0.15) is 4.39 Å². The third kappa shape index (κ3) is 6.88. The fourth-order valence-corrected chi connectivity index (χ4v) is 7.53. The first kappa shape index (κ1) is 31.1. The maximum absolute atomic E-state index is 14.9. The molecule has 2 unspecified atom stereocenters. The predicted molar refractivity (Wildman–Crippen MR) is 156 cm³/mol. The molecule has 42 heavy (non-hydrogen) atoms. The molecule has 0 spiro atoms. The number of benzene rings is 2. The minimum atomic E-state index is -1.18. The van der Waals surface area contributed by atoms with Gasteiger partial charge in [0.2, 0.25) is 5.82 Å². The minimum absolute atomic E-state index is 0.00169. The maximum atomic E-state index is 14.9. The molecule has 0 radical (unpaired) electrons. The Labute approximate surface area is 247 Å². The quantitative estimate of drug-likeness (QED) is 0.287. The van der Waals surface area contributed by atoms with Crippen molar-refractivity contribution >= 4 is 5.57 Å². The van der Waals surface area contributed by atoms with Gasteiger partial charge in [0, 0.05) is 17.7 Å². The third-order valence-electron chi connectivity index (χ3n) is 10.2. The van der Waals surface area contributed by atoms with Gasteiger partial charge >= 0.3 is 0 Å². The van der Waals surface area contributed by atoms with Gasteiger partial charge in [-0.1, -0.05) is 31.6 Å². The van der Waals surface area contributed by atoms with E-state index in [-0.39, 0.29) is 23.1 Å². The van der Waals surface area contributed by atoms with Crippen molar-refractivity contribution in [3.63, 3.8) is 0 Å². The van der Waals surface area contributed by atoms with Crippen LogP contribution in [-0.2, 0) is 4.74 Å². The molecular weight excluding hydrogens is 544 g/mol. The summed E-state index contributed by atoms with van der Waals surface area (Å²) in [5.41, 5.74) is 1.57. The average molecular weight is 589 g/mol. The zero-order valence-electron chi connectivity index (χ0n) is 24.6. The van der Waals surface area contributed by atoms with Crippen LogP contribution >= 0.6 is 0 Å². The Morgan fingerprint density at radius 2 is 1.55 bits per heavy atom. The summed E-state index contributed by atoms with van der Waals surface area (Å²) in [5, 5.41) is 19.5. The Morgan fingerprint density at radius 1 is 0.810 bits per heavy atom. The molecule has 0 heterocycles. The number of phenols is 1. The number of hydrogen-bond acceptors (Lipinski definition) is 3. The van der Waals surface area contributed by atoms with E-state index in [1.807, 2.05) is 13.0 Å². The lowest BCUT2D eigenvalue weighted by molar-refractivity contribution is -0.0132. The van der Waals surface area contributed by atoms with Gasteiger partial charge in [-0.15, -0.1) is 0 Å². The lowest BCUT2D eigenvalue weighted by atomic mass is 9.72. The van der Waals surface area contributed by atoms with Crippen LogP contribution in [0.15, 0.2) is 30.3 Å². The molecule has 0 saturated heterocycles. The van der Waals surface area contributed by atoms with Gasteiger partial charge in [0.05, 0.1) is 12.2 Å². The van der Waals surface area contributed by atoms with Crippen LogP contribution in [0.25, 0.3) is 5.57 Å². The number of allylic oxidation sites excluding steroid dienone is 2. The van der Waals surface area contributed by atoms with E-state index in [4.69, 9.17) is 4.74 Å². The van der Waals surface area contributed by atoms with Crippen LogP contribution in [0.5, 0.6) is 5.75 Å². The zero-order chi connectivity index (χ0) is 29.8. The number of hydrogen-bond donors (Lipinski definition) is 2. The normalized spacial score (nSPS) is 27.5. The monoisotopic (exact) mass is 588 g/mol. The second kappa shape index (κ2) is 13.9. The van der Waals surface area contributed by atoms with Gasteiger partial charge in [-0.3, -0.25) is 0 Å². The van der Waals surface area contributed by atoms with Crippen LogP contribution in [0.1, 0.15) is 119 Å². The minimum Gasteiger partial charge on any atom is -0.505 e. The second-order valence-electron chi connectivity index (χ2n) is 12.8. The Kier molecular flexibility index (Phi) is 10.3. The molecule has 2 saturated carbocycles. The summed E-state index contributed by atoms with van der Waals surface area (Å²) in [4.78, 5) is 0. The van der Waals surface area contributed by atoms with Crippen LogP contribution in [0.2, 0.25) is 0 Å². The summed E-state index contributed by atoms with van der Waals surface area (Å²) in [5.74, 6) is -2.92. The van der Waals surface area contributed by atoms with E-state index in [0.29, 0.717) is 49.2 Å². The van der Waals surface area contributed by atoms with E-state index in [1.165, 1.54) is 12.1 Å². The van der Waals surface area contributed by atoms with Crippen molar-refractivity contribution in [2.75, 3.05) is 6.61 Å². The number of phenolic OH excluding ortho intramolecular Hbond substituents is 1. The van der Waals surface area contributed by atoms with Crippen LogP contribution in [-0.4, -0.2) is 22.9 Å². The van der Waals surface area contributed by atoms with Crippen molar-refractivity contribution in [1.82, 2.24) is 0 Å². The van der Waals surface area contributed by atoms with Gasteiger partial charge in [0.15, 0.2) is 23.2 Å². The van der Waals surface area contributed by atoms with E-state index in [1.54, 1.807) is 12.1 Å². The van der Waals surface area contributed by atoms with Crippen molar-refractivity contribution in [2.24, 2.45) is 17.8 Å². The lowest BCUT2D eigenvalue weighted by Gasteiger charge is -2.36. The number of halogens is 4. The molecule has 2 atom stereocenters. The molecular formula is C35H44F4O3. The summed E-state index contributed by atoms with van der Waals surface area (Å²) in [6.07, 6.45) is 12.8. The summed E-state index contributed by atoms with van der Waals surface area (Å²) in [6, 6.07) is 5.90. The largest absolute Gasteiger partial charge is 0.505 e. The number of aromatic hydroxyl groups is 1. The topological polar surface area (TPSA) is 49.7 Å². The summed E-state index contributed by atoms with van der Waals surface area (Å²) in [7, 11) is 0. The first-order valence-electron chi connectivity index (χ1n) is 15.9. The fraction of sp³-hybridized carbons (Fsp3) is 0.600. The van der Waals surface area contributed by atoms with Crippen molar-refractivity contribution in [1.29, 1.82) is 0 Å². The summed E-state index contributed by atoms with van der Waals surface area (Å²) < 4.78 is 64.0. The molecule has 2 fully saturated rings. The second-order valence-corrected chi connectivity index (χ2v) is 12.8. The zero-order valence-corrected chi connectivity index (χ0v) is 24.6. The lowest BCUT2D eigenvalue weighted by Crippen LogP contribution is -2.29. The van der Waals surface area contributed by atoms with Gasteiger partial charge in [-0.05, 0) is 124 Å². The highest BCUT2D eigenvalue weighted by Gasteiger charge is 2.32. The molecule has 0 amide bonds. The molecule has 2 aromatic carbocycles. The fourth-order valence-electron chi connectivity index (χ4n) is 7.53. The van der Waals surface area contributed by atoms with E-state index < -0.39 is 35.1 Å². The highest BCUT2D eigenvalue weighted by molar-refractivity contribution is 5.67. The Morgan fingerprint density at radius 3 is 2.21 bits per heavy atom. The standard InChI is InChI=1S/C35H44F4O3/c1-2-3-30(40)29-17-16-27(32(36)34(29)38)24-6-4-21(5-7-24)20-42-26-14-12-23(13-15-26)22-8-10-25(11-9-22)28-18-19-31(41)35(39)33(28)37/h10,16-19,21-24,26,30,40-41H,2-9,11-15,20H2,1H3. The van der Waals surface area contributed by atoms with E-state index in [2.05, 4.69) is 0 Å². The van der Waals surface area contributed by atoms with Gasteiger partial charge in [0.1, 0.15) is 0 Å². The van der Waals surface area contributed by atoms with Crippen molar-refractivity contribution in [3.8, 4) is 5.75 Å². The maximum Gasteiger partial charge on any atom is 0.200 e. The van der Waals surface area contributed by atoms with Gasteiger partial charge in [-0.25, -0.2) is 13.2 Å². The predicted octanol–water partition coefficient (Wildman–Crippen LogP) is 9.51. The first-order valence-corrected chi connectivity index (χ1v) is 15.9. The van der Waals surface area contributed by atoms with Gasteiger partial charge in [0.25, 0.3) is 0 Å². The molecule has 0 bridgehead atoms. The SMILES string of the molecule is CCCC(O)c1ccc(C2CCC(COC3CCC(C4CC=C(c5ccc(O)c(F)c5F)CC4)CC3)CC2)c(F)c1F. The molecule has 5 rings (SSSR count). The van der Waals surface area contributed by atoms with Crippen LogP contribution < -0.4 is 0 Å². The highest BCUT2D eigenvalue weighted by Crippen LogP contribution is 2.42. The molecule has 3 nitrogen and oxygen atoms in total. The number of ether oxygens (including phenoxy) is 1. The van der Waals surface area contributed by atoms with Crippen LogP contribution in [0.3, 0.4) is 0 Å². The molecule has 0 aromatic heterocycles. The molecule has 0 aliphatic heterocycles. The Bertz CT molecular complexity index is 1250. The van der Waals surface area contributed by atoms with Crippen molar-refractivity contribution < 1.29 is 32.5 Å². The van der Waals surface area contributed by atoms with Crippen LogP contribution in [0.4, 0.5) is 17.6 Å². The molecule has 3 aliphatic rings. The first-order chi connectivity index (χ1) is 20.3. The smallest absolute Gasteiger partial charge is 0.200 e. The Balaban J connectivity index is 1.04. The number of aliphatic hydroxyl groups excluding tert-OH is 1. The Hall–Kier alpha value is -2.38. The molecule has 2 N–H and O–H groups in total. The molecule has 2 aromatic rings. The van der Waals surface area contributed by atoms with E-state index in [9.17, 15) is 27.8 Å². The summed E-state index contributed by atoms with van der Waals surface area (Å²) in [6.45, 7) is 2.62. The molecule has 7 heteroatoms. The molecule has 3 aliphatic carbocycles. The average Bonchev–Trinajstić information content (AvgIpc) is 3.01. The molecule has 230 valence electrons. The summed E-state index contributed by atoms with van der Waals surface area (Å²) >= 11 is 0. The van der Waals surface area contributed by atoms with Gasteiger partial charge < -0.3 is 14.9 Å². The van der Waals surface area contributed by atoms with Crippen molar-refractivity contribution in [2.45, 2.75) is 109 Å². The number of aliphatic hydroxyl groups is 1. The van der Waals surface area contributed by atoms with E-state index >= 15 is 0 Å².